The highest BCUT2D eigenvalue weighted by atomic mass is 16.3. The number of rotatable bonds is 1. The fourth-order valence-electron chi connectivity index (χ4n) is 3.85. The summed E-state index contributed by atoms with van der Waals surface area (Å²) in [5, 5.41) is 10.3. The monoisotopic (exact) mass is 236 g/mol. The quantitative estimate of drug-likeness (QED) is 0.760. The van der Waals surface area contributed by atoms with Gasteiger partial charge in [0.1, 0.15) is 0 Å². The smallest absolute Gasteiger partial charge is 0.158 e. The number of allylic oxidation sites excluding steroid dienone is 2. The van der Waals surface area contributed by atoms with E-state index in [-0.39, 0.29) is 6.10 Å². The lowest BCUT2D eigenvalue weighted by molar-refractivity contribution is -0.120. The van der Waals surface area contributed by atoms with Gasteiger partial charge in [-0.05, 0) is 48.5 Å². The molecule has 0 aromatic carbocycles. The summed E-state index contributed by atoms with van der Waals surface area (Å²) in [6.45, 7) is 8.46. The number of Topliss-reactive ketones (excluding diaryl/α,β-unsaturated/α-hetero) is 1. The molecule has 5 atom stereocenters. The molecular weight excluding hydrogens is 212 g/mol. The number of hydrogen-bond acceptors (Lipinski definition) is 2. The highest BCUT2D eigenvalue weighted by Gasteiger charge is 2.45. The van der Waals surface area contributed by atoms with Crippen LogP contribution in [0.1, 0.15) is 40.5 Å². The molecule has 96 valence electrons. The predicted octanol–water partition coefficient (Wildman–Crippen LogP) is 2.81. The first-order valence-corrected chi connectivity index (χ1v) is 6.81. The molecule has 2 aliphatic carbocycles. The maximum atomic E-state index is 11.8. The van der Waals surface area contributed by atoms with Gasteiger partial charge < -0.3 is 5.11 Å². The molecule has 0 bridgehead atoms. The summed E-state index contributed by atoms with van der Waals surface area (Å²) < 4.78 is 0. The Morgan fingerprint density at radius 3 is 2.65 bits per heavy atom. The minimum Gasteiger partial charge on any atom is -0.393 e. The molecule has 2 nitrogen and oxygen atoms in total. The summed E-state index contributed by atoms with van der Waals surface area (Å²) >= 11 is 0. The van der Waals surface area contributed by atoms with Crippen molar-refractivity contribution in [2.45, 2.75) is 46.6 Å². The molecule has 17 heavy (non-hydrogen) atoms. The molecule has 1 N–H and O–H groups in total. The van der Waals surface area contributed by atoms with E-state index in [0.717, 1.165) is 12.0 Å². The molecule has 0 aliphatic heterocycles. The zero-order valence-electron chi connectivity index (χ0n) is 11.3. The number of ketones is 1. The Hall–Kier alpha value is -0.630. The molecule has 0 saturated heterocycles. The number of fused-ring (bicyclic) bond motifs is 1. The van der Waals surface area contributed by atoms with Gasteiger partial charge in [0.05, 0.1) is 6.10 Å². The van der Waals surface area contributed by atoms with Crippen LogP contribution < -0.4 is 0 Å². The van der Waals surface area contributed by atoms with E-state index in [4.69, 9.17) is 0 Å². The average Bonchev–Trinajstić information content (AvgIpc) is 2.20. The third kappa shape index (κ3) is 2.20. The van der Waals surface area contributed by atoms with Crippen LogP contribution in [0.15, 0.2) is 11.6 Å². The molecule has 1 fully saturated rings. The number of hydrogen-bond donors (Lipinski definition) is 1. The van der Waals surface area contributed by atoms with Crippen molar-refractivity contribution >= 4 is 5.78 Å². The van der Waals surface area contributed by atoms with Gasteiger partial charge in [0.15, 0.2) is 5.78 Å². The van der Waals surface area contributed by atoms with Crippen molar-refractivity contribution in [2.75, 3.05) is 0 Å². The third-order valence-electron chi connectivity index (χ3n) is 4.80. The Balaban J connectivity index is 2.34. The minimum atomic E-state index is -0.205. The summed E-state index contributed by atoms with van der Waals surface area (Å²) in [5.74, 6) is 2.39. The van der Waals surface area contributed by atoms with Gasteiger partial charge in [0.2, 0.25) is 0 Å². The normalized spacial score (nSPS) is 42.4. The lowest BCUT2D eigenvalue weighted by Crippen LogP contribution is -2.46. The van der Waals surface area contributed by atoms with Crippen molar-refractivity contribution < 1.29 is 9.90 Å². The molecule has 0 heterocycles. The van der Waals surface area contributed by atoms with Gasteiger partial charge in [-0.25, -0.2) is 0 Å². The van der Waals surface area contributed by atoms with Crippen LogP contribution >= 0.6 is 0 Å². The molecular formula is C15H24O2. The van der Waals surface area contributed by atoms with Gasteiger partial charge in [-0.15, -0.1) is 0 Å². The van der Waals surface area contributed by atoms with Crippen molar-refractivity contribution in [3.63, 3.8) is 0 Å². The van der Waals surface area contributed by atoms with Crippen molar-refractivity contribution in [2.24, 2.45) is 29.6 Å². The van der Waals surface area contributed by atoms with E-state index in [1.807, 2.05) is 6.92 Å². The average molecular weight is 236 g/mol. The Bertz CT molecular complexity index is 343. The molecule has 2 rings (SSSR count). The highest BCUT2D eigenvalue weighted by Crippen LogP contribution is 2.47. The summed E-state index contributed by atoms with van der Waals surface area (Å²) in [6.07, 6.45) is 3.47. The molecule has 0 aromatic rings. The van der Waals surface area contributed by atoms with Crippen LogP contribution in [0.5, 0.6) is 0 Å². The van der Waals surface area contributed by atoms with E-state index >= 15 is 0 Å². The molecule has 0 spiro atoms. The third-order valence-corrected chi connectivity index (χ3v) is 4.80. The van der Waals surface area contributed by atoms with Crippen molar-refractivity contribution in [1.82, 2.24) is 0 Å². The van der Waals surface area contributed by atoms with Crippen LogP contribution in [0.4, 0.5) is 0 Å². The predicted molar refractivity (Wildman–Crippen MR) is 68.5 cm³/mol. The molecule has 2 aliphatic rings. The Labute approximate surface area is 104 Å². The molecule has 0 amide bonds. The lowest BCUT2D eigenvalue weighted by Gasteiger charge is -2.47. The zero-order valence-corrected chi connectivity index (χ0v) is 11.3. The minimum absolute atomic E-state index is 0.205. The van der Waals surface area contributed by atoms with E-state index in [2.05, 4.69) is 26.8 Å². The van der Waals surface area contributed by atoms with Crippen LogP contribution in [0.3, 0.4) is 0 Å². The summed E-state index contributed by atoms with van der Waals surface area (Å²) in [6, 6.07) is 0. The zero-order chi connectivity index (χ0) is 12.7. The molecule has 0 aromatic heterocycles. The van der Waals surface area contributed by atoms with Crippen LogP contribution in [0.2, 0.25) is 0 Å². The van der Waals surface area contributed by atoms with E-state index < -0.39 is 0 Å². The van der Waals surface area contributed by atoms with Crippen LogP contribution in [-0.4, -0.2) is 17.0 Å². The fourth-order valence-corrected chi connectivity index (χ4v) is 3.85. The first kappa shape index (κ1) is 12.8. The molecule has 0 unspecified atom stereocenters. The van der Waals surface area contributed by atoms with Crippen molar-refractivity contribution in [1.29, 1.82) is 0 Å². The van der Waals surface area contributed by atoms with Crippen LogP contribution in [-0.2, 0) is 4.79 Å². The van der Waals surface area contributed by atoms with E-state index in [1.165, 1.54) is 0 Å². The van der Waals surface area contributed by atoms with Gasteiger partial charge >= 0.3 is 0 Å². The summed E-state index contributed by atoms with van der Waals surface area (Å²) in [4.78, 5) is 11.8. The maximum absolute atomic E-state index is 11.8. The van der Waals surface area contributed by atoms with Crippen molar-refractivity contribution in [3.8, 4) is 0 Å². The van der Waals surface area contributed by atoms with Crippen LogP contribution in [0, 0.1) is 29.6 Å². The summed E-state index contributed by atoms with van der Waals surface area (Å²) in [7, 11) is 0. The second-order valence-corrected chi connectivity index (χ2v) is 6.32. The molecule has 1 saturated carbocycles. The first-order valence-electron chi connectivity index (χ1n) is 6.81. The van der Waals surface area contributed by atoms with E-state index in [9.17, 15) is 9.90 Å². The van der Waals surface area contributed by atoms with Gasteiger partial charge in [-0.1, -0.05) is 26.8 Å². The first-order chi connectivity index (χ1) is 7.91. The molecule has 2 heteroatoms. The Morgan fingerprint density at radius 1 is 1.41 bits per heavy atom. The standard InChI is InChI=1S/C15H24O2/c1-8(2)15-12-5-10(4)13(16)7-11(12)9(3)6-14(15)17/h5,8-9,11-12,14-15,17H,6-7H2,1-4H3/t9-,11+,12+,14+,15+/m1/s1. The highest BCUT2D eigenvalue weighted by molar-refractivity contribution is 5.95. The van der Waals surface area contributed by atoms with Crippen LogP contribution in [0.25, 0.3) is 0 Å². The number of aliphatic hydroxyl groups excluding tert-OH is 1. The van der Waals surface area contributed by atoms with Gasteiger partial charge in [0, 0.05) is 6.42 Å². The fraction of sp³-hybridized carbons (Fsp3) is 0.800. The second kappa shape index (κ2) is 4.56. The lowest BCUT2D eigenvalue weighted by atomic mass is 9.59. The number of carbonyl (C=O) groups excluding carboxylic acids is 1. The van der Waals surface area contributed by atoms with Crippen molar-refractivity contribution in [3.05, 3.63) is 11.6 Å². The Morgan fingerprint density at radius 2 is 2.06 bits per heavy atom. The van der Waals surface area contributed by atoms with E-state index in [1.54, 1.807) is 0 Å². The topological polar surface area (TPSA) is 37.3 Å². The number of aliphatic hydroxyl groups is 1. The van der Waals surface area contributed by atoms with E-state index in [0.29, 0.717) is 41.8 Å². The van der Waals surface area contributed by atoms with Gasteiger partial charge in [0.25, 0.3) is 0 Å². The Kier molecular flexibility index (Phi) is 3.44. The molecule has 0 radical (unpaired) electrons. The van der Waals surface area contributed by atoms with Gasteiger partial charge in [-0.3, -0.25) is 4.79 Å². The van der Waals surface area contributed by atoms with Gasteiger partial charge in [-0.2, -0.15) is 0 Å². The SMILES string of the molecule is CC1=C[C@H]2[C@@H](CC1=O)[C@H](C)C[C@H](O)[C@H]2C(C)C. The second-order valence-electron chi connectivity index (χ2n) is 6.32. The maximum Gasteiger partial charge on any atom is 0.158 e. The number of carbonyl (C=O) groups is 1. The summed E-state index contributed by atoms with van der Waals surface area (Å²) in [5.41, 5.74) is 0.901. The largest absolute Gasteiger partial charge is 0.393 e.